The Morgan fingerprint density at radius 1 is 1.31 bits per heavy atom. The van der Waals surface area contributed by atoms with E-state index in [-0.39, 0.29) is 0 Å². The Hall–Kier alpha value is 0.354. The third kappa shape index (κ3) is 7.43. The van der Waals surface area contributed by atoms with Crippen LogP contribution < -0.4 is 0 Å². The van der Waals surface area contributed by atoms with Crippen LogP contribution in [0.1, 0.15) is 26.7 Å². The van der Waals surface area contributed by atoms with Gasteiger partial charge in [0.05, 0.1) is 0 Å². The predicted molar refractivity (Wildman–Crippen MR) is 62.9 cm³/mol. The lowest BCUT2D eigenvalue weighted by Crippen LogP contribution is -2.41. The van der Waals surface area contributed by atoms with Crippen molar-refractivity contribution >= 4 is 17.6 Å². The van der Waals surface area contributed by atoms with Crippen LogP contribution in [-0.2, 0) is 8.54 Å². The van der Waals surface area contributed by atoms with Crippen molar-refractivity contribution in [2.75, 3.05) is 0 Å². The molecule has 0 aliphatic carbocycles. The molecule has 1 unspecified atom stereocenters. The maximum atomic E-state index is 5.94. The Balaban J connectivity index is 3.85. The number of hydrogen-bond acceptors (Lipinski definition) is 2. The Morgan fingerprint density at radius 2 is 1.85 bits per heavy atom. The van der Waals surface area contributed by atoms with Crippen LogP contribution in [0.5, 0.6) is 0 Å². The number of rotatable bonds is 6. The molecule has 0 saturated heterocycles. The van der Waals surface area contributed by atoms with Gasteiger partial charge in [0.25, 0.3) is 0 Å². The van der Waals surface area contributed by atoms with E-state index in [4.69, 9.17) is 8.54 Å². The lowest BCUT2D eigenvalue weighted by Gasteiger charge is -2.28. The Bertz CT molecular complexity index is 138. The molecule has 0 fully saturated rings. The summed E-state index contributed by atoms with van der Waals surface area (Å²) in [5.74, 6) is 0. The molecule has 0 aromatic carbocycles. The quantitative estimate of drug-likeness (QED) is 0.641. The van der Waals surface area contributed by atoms with Crippen molar-refractivity contribution in [3.63, 3.8) is 0 Å². The summed E-state index contributed by atoms with van der Waals surface area (Å²) in [6.45, 7) is 13.0. The average Bonchev–Trinajstić information content (AvgIpc) is 1.81. The van der Waals surface area contributed by atoms with Crippen LogP contribution in [0, 0.1) is 0 Å². The smallest absolute Gasteiger partial charge is 0.321 e. The first kappa shape index (κ1) is 13.4. The van der Waals surface area contributed by atoms with E-state index in [1.54, 1.807) is 0 Å². The zero-order chi connectivity index (χ0) is 10.5. The van der Waals surface area contributed by atoms with Crippen LogP contribution in [0.15, 0.2) is 0 Å². The normalized spacial score (nSPS) is 15.0. The van der Waals surface area contributed by atoms with Gasteiger partial charge in [-0.3, -0.25) is 0 Å². The van der Waals surface area contributed by atoms with Crippen LogP contribution in [0.3, 0.4) is 0 Å². The highest BCUT2D eigenvalue weighted by molar-refractivity contribution is 6.72. The van der Waals surface area contributed by atoms with Gasteiger partial charge < -0.3 is 8.54 Å². The lowest BCUT2D eigenvalue weighted by molar-refractivity contribution is 0.164. The molecule has 0 aliphatic heterocycles. The molecule has 80 valence electrons. The Labute approximate surface area is 85.6 Å². The third-order valence-electron chi connectivity index (χ3n) is 1.70. The van der Waals surface area contributed by atoms with Crippen molar-refractivity contribution in [2.24, 2.45) is 0 Å². The van der Waals surface area contributed by atoms with Crippen LogP contribution in [-0.4, -0.2) is 23.7 Å². The molecule has 0 radical (unpaired) electrons. The minimum atomic E-state index is -1.80. The summed E-state index contributed by atoms with van der Waals surface area (Å²) in [7, 11) is -2.74. The fourth-order valence-electron chi connectivity index (χ4n) is 1.55. The maximum Gasteiger partial charge on any atom is 0.321 e. The SMILES string of the molecule is CCCC(C)O[Si](C)(C)O[SiH](C)C. The van der Waals surface area contributed by atoms with Gasteiger partial charge >= 0.3 is 8.56 Å². The average molecular weight is 220 g/mol. The van der Waals surface area contributed by atoms with Crippen molar-refractivity contribution < 1.29 is 8.54 Å². The molecule has 0 N–H and O–H groups in total. The van der Waals surface area contributed by atoms with E-state index in [1.807, 2.05) is 0 Å². The van der Waals surface area contributed by atoms with Crippen molar-refractivity contribution in [1.29, 1.82) is 0 Å². The summed E-state index contributed by atoms with van der Waals surface area (Å²) in [6.07, 6.45) is 2.68. The molecule has 0 bridgehead atoms. The van der Waals surface area contributed by atoms with E-state index >= 15 is 0 Å². The van der Waals surface area contributed by atoms with E-state index in [1.165, 1.54) is 6.42 Å². The minimum absolute atomic E-state index is 0.361. The van der Waals surface area contributed by atoms with Gasteiger partial charge in [0, 0.05) is 6.10 Å². The Morgan fingerprint density at radius 3 is 2.23 bits per heavy atom. The summed E-state index contributed by atoms with van der Waals surface area (Å²) >= 11 is 0. The molecule has 4 heteroatoms. The molecule has 0 aliphatic rings. The van der Waals surface area contributed by atoms with Gasteiger partial charge in [-0.15, -0.1) is 0 Å². The summed E-state index contributed by atoms with van der Waals surface area (Å²) in [4.78, 5) is 0. The van der Waals surface area contributed by atoms with Gasteiger partial charge in [0.15, 0.2) is 9.04 Å². The largest absolute Gasteiger partial charge is 0.439 e. The van der Waals surface area contributed by atoms with Crippen LogP contribution >= 0.6 is 0 Å². The summed E-state index contributed by atoms with van der Waals surface area (Å²) in [5.41, 5.74) is 0. The predicted octanol–water partition coefficient (Wildman–Crippen LogP) is 2.89. The van der Waals surface area contributed by atoms with Gasteiger partial charge in [-0.25, -0.2) is 0 Å². The Kier molecular flexibility index (Phi) is 6.12. The maximum absolute atomic E-state index is 5.94. The zero-order valence-electron chi connectivity index (χ0n) is 9.89. The molecule has 0 rings (SSSR count). The van der Waals surface area contributed by atoms with Crippen LogP contribution in [0.2, 0.25) is 26.2 Å². The summed E-state index contributed by atoms with van der Waals surface area (Å²) in [5, 5.41) is 0. The molecule has 0 saturated carbocycles. The second kappa shape index (κ2) is 5.95. The molecule has 0 aromatic rings. The van der Waals surface area contributed by atoms with E-state index in [9.17, 15) is 0 Å². The highest BCUT2D eigenvalue weighted by atomic mass is 28.4. The molecular weight excluding hydrogens is 196 g/mol. The monoisotopic (exact) mass is 220 g/mol. The molecule has 13 heavy (non-hydrogen) atoms. The first-order chi connectivity index (χ1) is 5.87. The highest BCUT2D eigenvalue weighted by Crippen LogP contribution is 2.13. The standard InChI is InChI=1S/C9H24O2Si2/c1-7-8-9(2)10-13(5,6)11-12(3)4/h9,12H,7-8H2,1-6H3. The van der Waals surface area contributed by atoms with Crippen molar-refractivity contribution in [2.45, 2.75) is 59.0 Å². The van der Waals surface area contributed by atoms with E-state index < -0.39 is 17.6 Å². The topological polar surface area (TPSA) is 18.5 Å². The fraction of sp³-hybridized carbons (Fsp3) is 1.00. The minimum Gasteiger partial charge on any atom is -0.439 e. The molecular formula is C9H24O2Si2. The van der Waals surface area contributed by atoms with Gasteiger partial charge in [-0.2, -0.15) is 0 Å². The van der Waals surface area contributed by atoms with Gasteiger partial charge in [0.2, 0.25) is 0 Å². The fourth-order valence-corrected chi connectivity index (χ4v) is 7.40. The van der Waals surface area contributed by atoms with Crippen molar-refractivity contribution in [3.05, 3.63) is 0 Å². The van der Waals surface area contributed by atoms with Gasteiger partial charge in [0.1, 0.15) is 0 Å². The second-order valence-electron chi connectivity index (χ2n) is 4.28. The molecule has 2 nitrogen and oxygen atoms in total. The third-order valence-corrected chi connectivity index (χ3v) is 6.83. The molecule has 0 amide bonds. The zero-order valence-corrected chi connectivity index (χ0v) is 12.0. The van der Waals surface area contributed by atoms with Gasteiger partial charge in [-0.05, 0) is 39.5 Å². The van der Waals surface area contributed by atoms with E-state index in [2.05, 4.69) is 40.0 Å². The van der Waals surface area contributed by atoms with Crippen molar-refractivity contribution in [1.82, 2.24) is 0 Å². The molecule has 0 heterocycles. The van der Waals surface area contributed by atoms with Crippen LogP contribution in [0.25, 0.3) is 0 Å². The summed E-state index contributed by atoms with van der Waals surface area (Å²) < 4.78 is 11.9. The number of hydrogen-bond donors (Lipinski definition) is 0. The van der Waals surface area contributed by atoms with E-state index in [0.717, 1.165) is 6.42 Å². The highest BCUT2D eigenvalue weighted by Gasteiger charge is 2.27. The van der Waals surface area contributed by atoms with Gasteiger partial charge in [-0.1, -0.05) is 13.3 Å². The first-order valence-electron chi connectivity index (χ1n) is 5.23. The summed E-state index contributed by atoms with van der Waals surface area (Å²) in [6, 6.07) is 0. The molecule has 1 atom stereocenters. The van der Waals surface area contributed by atoms with E-state index in [0.29, 0.717) is 6.10 Å². The molecule has 0 spiro atoms. The second-order valence-corrected chi connectivity index (χ2v) is 10.4. The van der Waals surface area contributed by atoms with Crippen molar-refractivity contribution in [3.8, 4) is 0 Å². The lowest BCUT2D eigenvalue weighted by atomic mass is 10.2. The molecule has 0 aromatic heterocycles. The first-order valence-corrected chi connectivity index (χ1v) is 10.8. The van der Waals surface area contributed by atoms with Crippen LogP contribution in [0.4, 0.5) is 0 Å².